The summed E-state index contributed by atoms with van der Waals surface area (Å²) in [6.07, 6.45) is -1.11. The van der Waals surface area contributed by atoms with Crippen LogP contribution < -0.4 is 20.7 Å². The normalized spacial score (nSPS) is 12.0. The van der Waals surface area contributed by atoms with Gasteiger partial charge in [0.15, 0.2) is 11.6 Å². The quantitative estimate of drug-likeness (QED) is 0.421. The number of methoxy groups -OCH3 is 1. The number of nitrogens with zero attached hydrogens (tertiary/aromatic N) is 1. The van der Waals surface area contributed by atoms with Crippen molar-refractivity contribution in [2.24, 2.45) is 0 Å². The fourth-order valence-electron chi connectivity index (χ4n) is 3.52. The first-order chi connectivity index (χ1) is 16.1. The van der Waals surface area contributed by atoms with Gasteiger partial charge < -0.3 is 19.6 Å². The van der Waals surface area contributed by atoms with Crippen molar-refractivity contribution in [3.63, 3.8) is 0 Å². The van der Waals surface area contributed by atoms with Crippen molar-refractivity contribution in [3.05, 3.63) is 84.4 Å². The summed E-state index contributed by atoms with van der Waals surface area (Å²) >= 11 is 0.738. The van der Waals surface area contributed by atoms with Crippen LogP contribution in [0, 0.1) is 17.5 Å². The fourth-order valence-corrected chi connectivity index (χ4v) is 4.35. The number of aromatic carboxylic acids is 1. The van der Waals surface area contributed by atoms with E-state index in [1.54, 1.807) is 0 Å². The average molecular weight is 492 g/mol. The predicted octanol–water partition coefficient (Wildman–Crippen LogP) is 4.00. The summed E-state index contributed by atoms with van der Waals surface area (Å²) in [5.41, 5.74) is -2.79. The van der Waals surface area contributed by atoms with E-state index in [2.05, 4.69) is 4.98 Å². The van der Waals surface area contributed by atoms with Gasteiger partial charge in [0.1, 0.15) is 28.3 Å². The minimum Gasteiger partial charge on any atom is -0.496 e. The number of rotatable bonds is 6. The summed E-state index contributed by atoms with van der Waals surface area (Å²) in [6, 6.07) is 5.22. The van der Waals surface area contributed by atoms with Crippen LogP contribution in [0.1, 0.15) is 28.3 Å². The first-order valence-electron chi connectivity index (χ1n) is 9.62. The molecule has 12 heteroatoms. The van der Waals surface area contributed by atoms with Gasteiger partial charge in [-0.3, -0.25) is 4.79 Å². The Morgan fingerprint density at radius 1 is 1.15 bits per heavy atom. The van der Waals surface area contributed by atoms with Crippen LogP contribution in [0.3, 0.4) is 0 Å². The summed E-state index contributed by atoms with van der Waals surface area (Å²) in [7, 11) is 1.27. The van der Waals surface area contributed by atoms with Gasteiger partial charge in [-0.1, -0.05) is 0 Å². The molecule has 8 nitrogen and oxygen atoms in total. The molecule has 0 saturated heterocycles. The second kappa shape index (κ2) is 8.71. The van der Waals surface area contributed by atoms with Gasteiger partial charge in [-0.15, -0.1) is 11.3 Å². The number of fused-ring (bicyclic) bond motifs is 1. The van der Waals surface area contributed by atoms with Crippen molar-refractivity contribution in [3.8, 4) is 17.2 Å². The van der Waals surface area contributed by atoms with Crippen molar-refractivity contribution >= 4 is 28.2 Å². The standard InChI is InChI=1S/C22H15F3N2O6S/c1-9(16-15(32-2)6-5-12(24)18(16)25)33-10-3-4-11(23)14(7-10)27-20(28)17-13(26-22(27)31)8-34-19(17)21(29)30/h3-9H,1-2H3,(H,26,31)(H,29,30). The highest BCUT2D eigenvalue weighted by molar-refractivity contribution is 7.13. The SMILES string of the molecule is COc1ccc(F)c(F)c1C(C)Oc1ccc(F)c(-n2c(=O)[nH]c3csc(C(=O)O)c3c2=O)c1. The Bertz CT molecular complexity index is 1560. The number of benzene rings is 2. The molecular weight excluding hydrogens is 477 g/mol. The van der Waals surface area contributed by atoms with Crippen LogP contribution in [0.2, 0.25) is 0 Å². The van der Waals surface area contributed by atoms with Crippen LogP contribution in [-0.2, 0) is 0 Å². The van der Waals surface area contributed by atoms with Gasteiger partial charge >= 0.3 is 11.7 Å². The molecule has 2 aromatic heterocycles. The van der Waals surface area contributed by atoms with E-state index in [9.17, 15) is 32.7 Å². The number of thiophene rings is 1. The third-order valence-electron chi connectivity index (χ3n) is 5.04. The lowest BCUT2D eigenvalue weighted by Crippen LogP contribution is -2.34. The van der Waals surface area contributed by atoms with E-state index in [1.807, 2.05) is 0 Å². The summed E-state index contributed by atoms with van der Waals surface area (Å²) in [5.74, 6) is -4.73. The molecule has 4 aromatic rings. The molecule has 2 heterocycles. The fraction of sp³-hybridized carbons (Fsp3) is 0.136. The first-order valence-corrected chi connectivity index (χ1v) is 10.5. The Balaban J connectivity index is 1.82. The number of aromatic amines is 1. The molecule has 4 rings (SSSR count). The van der Waals surface area contributed by atoms with Crippen LogP contribution in [0.25, 0.3) is 16.6 Å². The van der Waals surface area contributed by atoms with Gasteiger partial charge in [0.2, 0.25) is 0 Å². The molecule has 0 saturated carbocycles. The van der Waals surface area contributed by atoms with E-state index in [-0.39, 0.29) is 32.8 Å². The minimum atomic E-state index is -1.38. The molecule has 0 aliphatic rings. The molecule has 0 radical (unpaired) electrons. The van der Waals surface area contributed by atoms with Crippen molar-refractivity contribution in [1.29, 1.82) is 0 Å². The molecule has 0 fully saturated rings. The molecule has 0 spiro atoms. The number of H-pyrrole nitrogens is 1. The van der Waals surface area contributed by atoms with Crippen molar-refractivity contribution in [2.75, 3.05) is 7.11 Å². The molecule has 176 valence electrons. The second-order valence-electron chi connectivity index (χ2n) is 7.08. The van der Waals surface area contributed by atoms with E-state index in [4.69, 9.17) is 9.47 Å². The third kappa shape index (κ3) is 3.81. The molecule has 1 atom stereocenters. The summed E-state index contributed by atoms with van der Waals surface area (Å²) in [4.78, 5) is 39.0. The second-order valence-corrected chi connectivity index (χ2v) is 7.96. The number of ether oxygens (including phenoxy) is 2. The largest absolute Gasteiger partial charge is 0.496 e. The van der Waals surface area contributed by atoms with E-state index in [0.717, 1.165) is 29.5 Å². The van der Waals surface area contributed by atoms with E-state index >= 15 is 0 Å². The molecule has 0 aliphatic heterocycles. The summed E-state index contributed by atoms with van der Waals surface area (Å²) < 4.78 is 54.0. The minimum absolute atomic E-state index is 0.00348. The number of carbonyl (C=O) groups is 1. The Morgan fingerprint density at radius 3 is 2.53 bits per heavy atom. The number of carboxylic acid groups (broad SMARTS) is 1. The van der Waals surface area contributed by atoms with Crippen molar-refractivity contribution in [2.45, 2.75) is 13.0 Å². The summed E-state index contributed by atoms with van der Waals surface area (Å²) in [5, 5.41) is 10.3. The topological polar surface area (TPSA) is 111 Å². The summed E-state index contributed by atoms with van der Waals surface area (Å²) in [6.45, 7) is 1.40. The molecular formula is C22H15F3N2O6S. The maximum absolute atomic E-state index is 14.7. The Labute approximate surface area is 192 Å². The van der Waals surface area contributed by atoms with Crippen LogP contribution >= 0.6 is 11.3 Å². The number of carboxylic acids is 1. The van der Waals surface area contributed by atoms with E-state index in [1.165, 1.54) is 31.5 Å². The molecule has 34 heavy (non-hydrogen) atoms. The maximum Gasteiger partial charge on any atom is 0.346 e. The number of nitrogens with one attached hydrogen (secondary N) is 1. The third-order valence-corrected chi connectivity index (χ3v) is 6.01. The lowest BCUT2D eigenvalue weighted by atomic mass is 10.1. The van der Waals surface area contributed by atoms with E-state index < -0.39 is 46.5 Å². The highest BCUT2D eigenvalue weighted by atomic mass is 32.1. The Morgan fingerprint density at radius 2 is 1.85 bits per heavy atom. The molecule has 0 aliphatic carbocycles. The lowest BCUT2D eigenvalue weighted by molar-refractivity contribution is 0.0704. The van der Waals surface area contributed by atoms with Gasteiger partial charge in [0.25, 0.3) is 5.56 Å². The van der Waals surface area contributed by atoms with Crippen LogP contribution in [0.4, 0.5) is 13.2 Å². The molecule has 2 aromatic carbocycles. The van der Waals surface area contributed by atoms with Gasteiger partial charge in [0, 0.05) is 11.4 Å². The zero-order valence-corrected chi connectivity index (χ0v) is 18.3. The van der Waals surface area contributed by atoms with Gasteiger partial charge in [-0.25, -0.2) is 27.3 Å². The van der Waals surface area contributed by atoms with Gasteiger partial charge in [-0.05, 0) is 31.2 Å². The van der Waals surface area contributed by atoms with Crippen molar-refractivity contribution < 1.29 is 32.5 Å². The lowest BCUT2D eigenvalue weighted by Gasteiger charge is -2.19. The zero-order valence-electron chi connectivity index (χ0n) is 17.5. The van der Waals surface area contributed by atoms with Crippen LogP contribution in [-0.4, -0.2) is 27.7 Å². The molecule has 0 bridgehead atoms. The Hall–Kier alpha value is -4.06. The monoisotopic (exact) mass is 492 g/mol. The Kier molecular flexibility index (Phi) is 5.92. The van der Waals surface area contributed by atoms with Crippen molar-refractivity contribution in [1.82, 2.24) is 9.55 Å². The predicted molar refractivity (Wildman–Crippen MR) is 117 cm³/mol. The number of hydrogen-bond acceptors (Lipinski definition) is 6. The maximum atomic E-state index is 14.7. The number of halogens is 3. The molecule has 0 amide bonds. The zero-order chi connectivity index (χ0) is 24.7. The molecule has 1 unspecified atom stereocenters. The van der Waals surface area contributed by atoms with Crippen LogP contribution in [0.15, 0.2) is 45.3 Å². The number of hydrogen-bond donors (Lipinski definition) is 2. The van der Waals surface area contributed by atoms with Gasteiger partial charge in [0.05, 0.1) is 29.3 Å². The van der Waals surface area contributed by atoms with Gasteiger partial charge in [-0.2, -0.15) is 0 Å². The van der Waals surface area contributed by atoms with E-state index in [0.29, 0.717) is 4.57 Å². The smallest absolute Gasteiger partial charge is 0.346 e. The highest BCUT2D eigenvalue weighted by Gasteiger charge is 2.23. The molecule has 2 N–H and O–H groups in total. The number of aromatic nitrogens is 2. The average Bonchev–Trinajstić information content (AvgIpc) is 3.21. The van der Waals surface area contributed by atoms with Crippen LogP contribution in [0.5, 0.6) is 11.5 Å². The highest BCUT2D eigenvalue weighted by Crippen LogP contribution is 2.33. The first kappa shape index (κ1) is 23.1.